The third kappa shape index (κ3) is 3.28. The first-order chi connectivity index (χ1) is 7.13. The van der Waals surface area contributed by atoms with Gasteiger partial charge in [0.2, 0.25) is 0 Å². The number of nitriles is 1. The summed E-state index contributed by atoms with van der Waals surface area (Å²) in [5.74, 6) is -0.976. The Morgan fingerprint density at radius 2 is 1.87 bits per heavy atom. The predicted octanol–water partition coefficient (Wildman–Crippen LogP) is 1.94. The number of nitrogens with zero attached hydrogens (tertiary/aromatic N) is 1. The molecule has 0 saturated heterocycles. The quantitative estimate of drug-likeness (QED) is 0.757. The smallest absolute Gasteiger partial charge is 0.331 e. The molecule has 3 nitrogen and oxygen atoms in total. The number of carboxylic acids is 1. The second-order valence-electron chi connectivity index (χ2n) is 3.24. The van der Waals surface area contributed by atoms with Crippen molar-refractivity contribution in [1.82, 2.24) is 0 Å². The SMILES string of the molecule is C=C(Cc1ccc(CC#N)cc1)C(=O)O. The van der Waals surface area contributed by atoms with Gasteiger partial charge in [-0.2, -0.15) is 5.26 Å². The molecule has 0 atom stereocenters. The third-order valence-electron chi connectivity index (χ3n) is 2.03. The zero-order valence-corrected chi connectivity index (χ0v) is 8.23. The third-order valence-corrected chi connectivity index (χ3v) is 2.03. The Kier molecular flexibility index (Phi) is 3.64. The number of rotatable bonds is 4. The van der Waals surface area contributed by atoms with E-state index >= 15 is 0 Å². The average molecular weight is 201 g/mol. The van der Waals surface area contributed by atoms with Crippen molar-refractivity contribution in [3.63, 3.8) is 0 Å². The summed E-state index contributed by atoms with van der Waals surface area (Å²) in [4.78, 5) is 10.5. The number of benzene rings is 1. The van der Waals surface area contributed by atoms with E-state index in [2.05, 4.69) is 12.6 Å². The van der Waals surface area contributed by atoms with Gasteiger partial charge in [0, 0.05) is 12.0 Å². The number of hydrogen-bond donors (Lipinski definition) is 1. The topological polar surface area (TPSA) is 61.1 Å². The lowest BCUT2D eigenvalue weighted by atomic mass is 10.0. The molecular weight excluding hydrogens is 190 g/mol. The molecule has 76 valence electrons. The van der Waals surface area contributed by atoms with Gasteiger partial charge in [0.25, 0.3) is 0 Å². The number of aliphatic carboxylic acids is 1. The fourth-order valence-electron chi connectivity index (χ4n) is 1.19. The molecule has 0 heterocycles. The molecule has 0 amide bonds. The molecule has 0 aliphatic heterocycles. The lowest BCUT2D eigenvalue weighted by Crippen LogP contribution is -2.02. The number of carbonyl (C=O) groups is 1. The molecule has 0 spiro atoms. The van der Waals surface area contributed by atoms with E-state index in [1.807, 2.05) is 24.3 Å². The molecule has 1 aromatic carbocycles. The van der Waals surface area contributed by atoms with Crippen molar-refractivity contribution in [2.75, 3.05) is 0 Å². The van der Waals surface area contributed by atoms with Crippen LogP contribution in [0.5, 0.6) is 0 Å². The van der Waals surface area contributed by atoms with E-state index in [0.29, 0.717) is 12.8 Å². The summed E-state index contributed by atoms with van der Waals surface area (Å²) in [6, 6.07) is 9.35. The van der Waals surface area contributed by atoms with Crippen molar-refractivity contribution in [2.45, 2.75) is 12.8 Å². The van der Waals surface area contributed by atoms with Crippen molar-refractivity contribution < 1.29 is 9.90 Å². The van der Waals surface area contributed by atoms with Crippen LogP contribution in [-0.2, 0) is 17.6 Å². The molecule has 15 heavy (non-hydrogen) atoms. The van der Waals surface area contributed by atoms with Gasteiger partial charge in [-0.15, -0.1) is 0 Å². The van der Waals surface area contributed by atoms with Crippen LogP contribution < -0.4 is 0 Å². The highest BCUT2D eigenvalue weighted by Gasteiger charge is 2.04. The predicted molar refractivity (Wildman–Crippen MR) is 56.2 cm³/mol. The van der Waals surface area contributed by atoms with Crippen LogP contribution in [0.1, 0.15) is 11.1 Å². The van der Waals surface area contributed by atoms with Crippen LogP contribution in [0.4, 0.5) is 0 Å². The summed E-state index contributed by atoms with van der Waals surface area (Å²) in [6.07, 6.45) is 0.711. The largest absolute Gasteiger partial charge is 0.478 e. The highest BCUT2D eigenvalue weighted by molar-refractivity contribution is 5.86. The van der Waals surface area contributed by atoms with Gasteiger partial charge in [0.1, 0.15) is 0 Å². The van der Waals surface area contributed by atoms with E-state index in [4.69, 9.17) is 10.4 Å². The highest BCUT2D eigenvalue weighted by atomic mass is 16.4. The van der Waals surface area contributed by atoms with Crippen LogP contribution in [0, 0.1) is 11.3 Å². The number of carboxylic acid groups (broad SMARTS) is 1. The van der Waals surface area contributed by atoms with Crippen LogP contribution in [0.3, 0.4) is 0 Å². The monoisotopic (exact) mass is 201 g/mol. The van der Waals surface area contributed by atoms with Gasteiger partial charge in [0.05, 0.1) is 12.5 Å². The molecule has 0 aliphatic rings. The maximum atomic E-state index is 10.5. The summed E-state index contributed by atoms with van der Waals surface area (Å²) in [7, 11) is 0. The minimum atomic E-state index is -0.976. The molecule has 0 saturated carbocycles. The lowest BCUT2D eigenvalue weighted by molar-refractivity contribution is -0.132. The normalized spacial score (nSPS) is 9.27. The Balaban J connectivity index is 2.69. The molecule has 3 heteroatoms. The van der Waals surface area contributed by atoms with Gasteiger partial charge < -0.3 is 5.11 Å². The first-order valence-corrected chi connectivity index (χ1v) is 4.49. The van der Waals surface area contributed by atoms with Crippen molar-refractivity contribution in [2.24, 2.45) is 0 Å². The first-order valence-electron chi connectivity index (χ1n) is 4.49. The summed E-state index contributed by atoms with van der Waals surface area (Å²) in [5, 5.41) is 17.1. The number of hydrogen-bond acceptors (Lipinski definition) is 2. The van der Waals surface area contributed by atoms with Gasteiger partial charge in [-0.3, -0.25) is 0 Å². The van der Waals surface area contributed by atoms with E-state index in [1.54, 1.807) is 0 Å². The van der Waals surface area contributed by atoms with E-state index in [9.17, 15) is 4.79 Å². The lowest BCUT2D eigenvalue weighted by Gasteiger charge is -2.01. The zero-order chi connectivity index (χ0) is 11.3. The van der Waals surface area contributed by atoms with E-state index < -0.39 is 5.97 Å². The summed E-state index contributed by atoms with van der Waals surface area (Å²) >= 11 is 0. The minimum Gasteiger partial charge on any atom is -0.478 e. The molecular formula is C12H11NO2. The Morgan fingerprint density at radius 3 is 2.33 bits per heavy atom. The second-order valence-corrected chi connectivity index (χ2v) is 3.24. The molecule has 0 aromatic heterocycles. The van der Waals surface area contributed by atoms with Gasteiger partial charge >= 0.3 is 5.97 Å². The van der Waals surface area contributed by atoms with Gasteiger partial charge in [-0.1, -0.05) is 30.8 Å². The van der Waals surface area contributed by atoms with Crippen LogP contribution in [-0.4, -0.2) is 11.1 Å². The van der Waals surface area contributed by atoms with Crippen LogP contribution >= 0.6 is 0 Å². The summed E-state index contributed by atoms with van der Waals surface area (Å²) < 4.78 is 0. The molecule has 0 aliphatic carbocycles. The van der Waals surface area contributed by atoms with Crippen LogP contribution in [0.15, 0.2) is 36.4 Å². The zero-order valence-electron chi connectivity index (χ0n) is 8.23. The molecule has 0 bridgehead atoms. The van der Waals surface area contributed by atoms with Crippen LogP contribution in [0.25, 0.3) is 0 Å². The van der Waals surface area contributed by atoms with Crippen LogP contribution in [0.2, 0.25) is 0 Å². The molecule has 0 unspecified atom stereocenters. The molecule has 1 rings (SSSR count). The average Bonchev–Trinajstić information content (AvgIpc) is 2.21. The fourth-order valence-corrected chi connectivity index (χ4v) is 1.19. The maximum Gasteiger partial charge on any atom is 0.331 e. The Morgan fingerprint density at radius 1 is 1.33 bits per heavy atom. The first kappa shape index (κ1) is 11.0. The van der Waals surface area contributed by atoms with E-state index in [-0.39, 0.29) is 5.57 Å². The van der Waals surface area contributed by atoms with Gasteiger partial charge in [-0.25, -0.2) is 4.79 Å². The van der Waals surface area contributed by atoms with E-state index in [1.165, 1.54) is 0 Å². The summed E-state index contributed by atoms with van der Waals surface area (Å²) in [6.45, 7) is 3.46. The molecule has 1 aromatic rings. The second kappa shape index (κ2) is 4.97. The Hall–Kier alpha value is -2.08. The summed E-state index contributed by atoms with van der Waals surface area (Å²) in [5.41, 5.74) is 1.99. The van der Waals surface area contributed by atoms with Gasteiger partial charge in [-0.05, 0) is 11.1 Å². The maximum absolute atomic E-state index is 10.5. The van der Waals surface area contributed by atoms with Crippen molar-refractivity contribution in [1.29, 1.82) is 5.26 Å². The molecule has 1 N–H and O–H groups in total. The highest BCUT2D eigenvalue weighted by Crippen LogP contribution is 2.09. The Labute approximate surface area is 88.3 Å². The van der Waals surface area contributed by atoms with E-state index in [0.717, 1.165) is 11.1 Å². The van der Waals surface area contributed by atoms with Gasteiger partial charge in [0.15, 0.2) is 0 Å². The van der Waals surface area contributed by atoms with Crippen molar-refractivity contribution in [3.05, 3.63) is 47.5 Å². The van der Waals surface area contributed by atoms with Crippen molar-refractivity contribution >= 4 is 5.97 Å². The Bertz CT molecular complexity index is 412. The molecule has 0 radical (unpaired) electrons. The fraction of sp³-hybridized carbons (Fsp3) is 0.167. The van der Waals surface area contributed by atoms with Crippen molar-refractivity contribution in [3.8, 4) is 6.07 Å². The molecule has 0 fully saturated rings. The standard InChI is InChI=1S/C12H11NO2/c1-9(12(14)15)8-11-4-2-10(3-5-11)6-7-13/h2-5H,1,6,8H2,(H,14,15). The minimum absolute atomic E-state index is 0.169.